The molecule has 0 saturated heterocycles. The first-order valence-electron chi connectivity index (χ1n) is 5.98. The molecule has 0 radical (unpaired) electrons. The molecule has 102 valence electrons. The molecule has 0 aromatic carbocycles. The summed E-state index contributed by atoms with van der Waals surface area (Å²) in [6.45, 7) is 0.830. The molecule has 2 aromatic rings. The summed E-state index contributed by atoms with van der Waals surface area (Å²) in [6, 6.07) is 4.80. The molecular weight excluding hydrogens is 276 g/mol. The number of carbonyl (C=O) groups excluding carboxylic acids is 1. The van der Waals surface area contributed by atoms with E-state index in [2.05, 4.69) is 20.4 Å². The molecule has 2 amide bonds. The van der Waals surface area contributed by atoms with Crippen molar-refractivity contribution < 1.29 is 4.79 Å². The zero-order valence-electron chi connectivity index (χ0n) is 10.5. The van der Waals surface area contributed by atoms with Crippen molar-refractivity contribution in [3.63, 3.8) is 0 Å². The summed E-state index contributed by atoms with van der Waals surface area (Å²) in [5.74, 6) is 1.39. The van der Waals surface area contributed by atoms with E-state index in [4.69, 9.17) is 5.73 Å². The fraction of sp³-hybridized carbons (Fsp3) is 0.167. The number of nitrogens with one attached hydrogen (secondary N) is 1. The van der Waals surface area contributed by atoms with E-state index in [-0.39, 0.29) is 0 Å². The number of aromatic nitrogens is 3. The topological polar surface area (TPSA) is 98.2 Å². The van der Waals surface area contributed by atoms with Crippen LogP contribution in [0.25, 0.3) is 11.3 Å². The molecule has 3 N–H and O–H groups in total. The van der Waals surface area contributed by atoms with Crippen LogP contribution >= 0.6 is 11.8 Å². The van der Waals surface area contributed by atoms with Gasteiger partial charge in [-0.2, -0.15) is 5.10 Å². The second kappa shape index (κ2) is 5.33. The highest BCUT2D eigenvalue weighted by Gasteiger charge is 2.12. The average molecular weight is 288 g/mol. The number of nitrogens with two attached hydrogens (primary N) is 1. The third-order valence-electron chi connectivity index (χ3n) is 2.66. The fourth-order valence-corrected chi connectivity index (χ4v) is 2.61. The van der Waals surface area contributed by atoms with E-state index in [1.807, 2.05) is 18.3 Å². The maximum absolute atomic E-state index is 10.8. The number of hydrogen-bond acceptors (Lipinski definition) is 5. The van der Waals surface area contributed by atoms with Gasteiger partial charge in [-0.15, -0.1) is 0 Å². The number of primary amides is 1. The summed E-state index contributed by atoms with van der Waals surface area (Å²) in [5, 5.41) is 7.82. The number of nitrogens with zero attached hydrogens (tertiary/aromatic N) is 4. The van der Waals surface area contributed by atoms with Crippen LogP contribution < -0.4 is 11.1 Å². The summed E-state index contributed by atoms with van der Waals surface area (Å²) >= 11 is 1.68. The Morgan fingerprint density at radius 3 is 3.10 bits per heavy atom. The molecule has 0 aliphatic carbocycles. The first-order valence-corrected chi connectivity index (χ1v) is 6.97. The molecule has 3 heterocycles. The SMILES string of the molecule is NC(=O)Nc1cc(-c2ccn(C3=NCCS3)n2)ccn1. The zero-order chi connectivity index (χ0) is 13.9. The van der Waals surface area contributed by atoms with Gasteiger partial charge in [0.1, 0.15) is 5.82 Å². The van der Waals surface area contributed by atoms with Gasteiger partial charge in [-0.05, 0) is 18.2 Å². The van der Waals surface area contributed by atoms with Gasteiger partial charge in [-0.3, -0.25) is 10.3 Å². The molecule has 20 heavy (non-hydrogen) atoms. The van der Waals surface area contributed by atoms with Crippen LogP contribution in [0.3, 0.4) is 0 Å². The van der Waals surface area contributed by atoms with Crippen LogP contribution in [0.4, 0.5) is 10.6 Å². The van der Waals surface area contributed by atoms with E-state index in [1.54, 1.807) is 28.7 Å². The lowest BCUT2D eigenvalue weighted by molar-refractivity contribution is 0.259. The monoisotopic (exact) mass is 288 g/mol. The Bertz CT molecular complexity index is 680. The molecule has 0 atom stereocenters. The average Bonchev–Trinajstić information content (AvgIpc) is 3.09. The van der Waals surface area contributed by atoms with Crippen molar-refractivity contribution in [2.75, 3.05) is 17.6 Å². The lowest BCUT2D eigenvalue weighted by Crippen LogP contribution is -2.19. The van der Waals surface area contributed by atoms with Gasteiger partial charge in [0.25, 0.3) is 0 Å². The standard InChI is InChI=1S/C12H12N6OS/c13-11(19)16-10-7-8(1-3-14-10)9-2-5-18(17-9)12-15-4-6-20-12/h1-3,5,7H,4,6H2,(H3,13,14,16,19). The highest BCUT2D eigenvalue weighted by molar-refractivity contribution is 8.14. The van der Waals surface area contributed by atoms with Crippen LogP contribution in [0.15, 0.2) is 35.6 Å². The summed E-state index contributed by atoms with van der Waals surface area (Å²) in [4.78, 5) is 19.2. The third kappa shape index (κ3) is 2.64. The highest BCUT2D eigenvalue weighted by atomic mass is 32.2. The van der Waals surface area contributed by atoms with E-state index in [0.717, 1.165) is 28.7 Å². The van der Waals surface area contributed by atoms with Gasteiger partial charge in [0.2, 0.25) is 0 Å². The van der Waals surface area contributed by atoms with Crippen molar-refractivity contribution in [1.29, 1.82) is 0 Å². The lowest BCUT2D eigenvalue weighted by Gasteiger charge is -2.02. The molecule has 0 bridgehead atoms. The highest BCUT2D eigenvalue weighted by Crippen LogP contribution is 2.21. The van der Waals surface area contributed by atoms with Gasteiger partial charge in [0.05, 0.1) is 12.2 Å². The molecular formula is C12H12N6OS. The van der Waals surface area contributed by atoms with Crippen LogP contribution in [-0.2, 0) is 0 Å². The molecule has 0 saturated carbocycles. The quantitative estimate of drug-likeness (QED) is 0.872. The smallest absolute Gasteiger partial charge is 0.317 e. The van der Waals surface area contributed by atoms with E-state index >= 15 is 0 Å². The van der Waals surface area contributed by atoms with E-state index < -0.39 is 6.03 Å². The maximum atomic E-state index is 10.8. The molecule has 0 spiro atoms. The van der Waals surface area contributed by atoms with E-state index in [9.17, 15) is 4.79 Å². The van der Waals surface area contributed by atoms with Crippen LogP contribution in [0.2, 0.25) is 0 Å². The summed E-state index contributed by atoms with van der Waals surface area (Å²) < 4.78 is 1.76. The van der Waals surface area contributed by atoms with Gasteiger partial charge in [-0.1, -0.05) is 11.8 Å². The van der Waals surface area contributed by atoms with Gasteiger partial charge >= 0.3 is 6.03 Å². The first-order chi connectivity index (χ1) is 9.72. The fourth-order valence-electron chi connectivity index (χ4n) is 1.83. The lowest BCUT2D eigenvalue weighted by atomic mass is 10.2. The van der Waals surface area contributed by atoms with Gasteiger partial charge in [0, 0.05) is 23.7 Å². The Morgan fingerprint density at radius 1 is 1.45 bits per heavy atom. The largest absolute Gasteiger partial charge is 0.351 e. The van der Waals surface area contributed by atoms with E-state index in [0.29, 0.717) is 5.82 Å². The molecule has 1 aliphatic heterocycles. The van der Waals surface area contributed by atoms with Crippen molar-refractivity contribution in [2.24, 2.45) is 10.7 Å². The van der Waals surface area contributed by atoms with Crippen molar-refractivity contribution >= 4 is 28.8 Å². The van der Waals surface area contributed by atoms with Crippen molar-refractivity contribution in [1.82, 2.24) is 14.8 Å². The van der Waals surface area contributed by atoms with Crippen LogP contribution in [0.1, 0.15) is 0 Å². The molecule has 7 nitrogen and oxygen atoms in total. The molecule has 0 unspecified atom stereocenters. The summed E-state index contributed by atoms with van der Waals surface area (Å²) in [6.07, 6.45) is 3.47. The Labute approximate surface area is 119 Å². The van der Waals surface area contributed by atoms with E-state index in [1.165, 1.54) is 0 Å². The third-order valence-corrected chi connectivity index (χ3v) is 3.62. The number of pyridine rings is 1. The number of carbonyl (C=O) groups is 1. The Hall–Kier alpha value is -2.35. The number of thioether (sulfide) groups is 1. The molecule has 3 rings (SSSR count). The van der Waals surface area contributed by atoms with Crippen LogP contribution in [0.5, 0.6) is 0 Å². The number of rotatable bonds is 2. The van der Waals surface area contributed by atoms with Crippen LogP contribution in [0, 0.1) is 0 Å². The molecule has 8 heteroatoms. The van der Waals surface area contributed by atoms with Crippen molar-refractivity contribution in [3.05, 3.63) is 30.6 Å². The van der Waals surface area contributed by atoms with Gasteiger partial charge < -0.3 is 5.73 Å². The van der Waals surface area contributed by atoms with Crippen molar-refractivity contribution in [2.45, 2.75) is 0 Å². The number of amides is 2. The van der Waals surface area contributed by atoms with Gasteiger partial charge in [-0.25, -0.2) is 14.5 Å². The minimum atomic E-state index is -0.642. The Kier molecular flexibility index (Phi) is 3.38. The maximum Gasteiger partial charge on any atom is 0.317 e. The number of anilines is 1. The van der Waals surface area contributed by atoms with Crippen LogP contribution in [-0.4, -0.2) is 38.3 Å². The second-order valence-corrected chi connectivity index (χ2v) is 5.14. The number of hydrogen-bond donors (Lipinski definition) is 2. The van der Waals surface area contributed by atoms with Crippen molar-refractivity contribution in [3.8, 4) is 11.3 Å². The number of aliphatic imine (C=N–C) groups is 1. The minimum Gasteiger partial charge on any atom is -0.351 e. The predicted octanol–water partition coefficient (Wildman–Crippen LogP) is 1.39. The van der Waals surface area contributed by atoms with Gasteiger partial charge in [0.15, 0.2) is 5.17 Å². The Balaban J connectivity index is 1.87. The summed E-state index contributed by atoms with van der Waals surface area (Å²) in [5.41, 5.74) is 6.71. The molecule has 0 fully saturated rings. The first kappa shape index (κ1) is 12.7. The second-order valence-electron chi connectivity index (χ2n) is 4.08. The normalized spacial score (nSPS) is 14.1. The molecule has 2 aromatic heterocycles. The minimum absolute atomic E-state index is 0.400. The predicted molar refractivity (Wildman–Crippen MR) is 78.8 cm³/mol. The molecule has 1 aliphatic rings. The number of urea groups is 1. The zero-order valence-corrected chi connectivity index (χ0v) is 11.3. The summed E-state index contributed by atoms with van der Waals surface area (Å²) in [7, 11) is 0. The Morgan fingerprint density at radius 2 is 2.35 bits per heavy atom.